The number of benzene rings is 1. The predicted molar refractivity (Wildman–Crippen MR) is 77.9 cm³/mol. The van der Waals surface area contributed by atoms with Gasteiger partial charge in [0, 0.05) is 6.42 Å². The molecule has 1 unspecified atom stereocenters. The van der Waals surface area contributed by atoms with Gasteiger partial charge >= 0.3 is 0 Å². The van der Waals surface area contributed by atoms with Gasteiger partial charge in [-0.2, -0.15) is 0 Å². The van der Waals surface area contributed by atoms with Crippen molar-refractivity contribution < 1.29 is 0 Å². The van der Waals surface area contributed by atoms with Gasteiger partial charge in [-0.1, -0.05) is 27.7 Å². The van der Waals surface area contributed by atoms with Crippen molar-refractivity contribution in [3.8, 4) is 0 Å². The Kier molecular flexibility index (Phi) is 3.22. The molecular formula is C16H24N2. The minimum Gasteiger partial charge on any atom is -0.342 e. The molecule has 0 saturated heterocycles. The molecule has 2 heteroatoms. The van der Waals surface area contributed by atoms with E-state index in [2.05, 4.69) is 58.7 Å². The molecule has 0 saturated carbocycles. The lowest BCUT2D eigenvalue weighted by Crippen LogP contribution is -2.19. The molecule has 2 nitrogen and oxygen atoms in total. The Balaban J connectivity index is 2.31. The summed E-state index contributed by atoms with van der Waals surface area (Å²) in [6, 6.07) is 4.37. The van der Waals surface area contributed by atoms with E-state index in [1.54, 1.807) is 0 Å². The monoisotopic (exact) mass is 244 g/mol. The highest BCUT2D eigenvalue weighted by molar-refractivity contribution is 5.77. The first-order valence-corrected chi connectivity index (χ1v) is 6.73. The molecule has 2 rings (SSSR count). The van der Waals surface area contributed by atoms with Gasteiger partial charge in [0.25, 0.3) is 0 Å². The second-order valence-electron chi connectivity index (χ2n) is 6.61. The molecular weight excluding hydrogens is 220 g/mol. The van der Waals surface area contributed by atoms with Gasteiger partial charge in [-0.25, -0.2) is 4.98 Å². The molecule has 0 aliphatic rings. The van der Waals surface area contributed by atoms with Crippen LogP contribution >= 0.6 is 0 Å². The normalized spacial score (nSPS) is 14.1. The summed E-state index contributed by atoms with van der Waals surface area (Å²) >= 11 is 0. The highest BCUT2D eigenvalue weighted by Gasteiger charge is 2.21. The van der Waals surface area contributed by atoms with Crippen LogP contribution in [0, 0.1) is 25.2 Å². The molecule has 18 heavy (non-hydrogen) atoms. The van der Waals surface area contributed by atoms with Gasteiger partial charge in [-0.3, -0.25) is 0 Å². The zero-order valence-corrected chi connectivity index (χ0v) is 12.4. The number of rotatable bonds is 2. The van der Waals surface area contributed by atoms with Gasteiger partial charge in [0.15, 0.2) is 0 Å². The number of nitrogens with one attached hydrogen (secondary N) is 1. The summed E-state index contributed by atoms with van der Waals surface area (Å²) in [4.78, 5) is 8.17. The fourth-order valence-corrected chi connectivity index (χ4v) is 2.02. The largest absolute Gasteiger partial charge is 0.342 e. The van der Waals surface area contributed by atoms with E-state index < -0.39 is 0 Å². The average molecular weight is 244 g/mol. The molecule has 0 radical (unpaired) electrons. The number of nitrogens with zero attached hydrogens (tertiary/aromatic N) is 1. The minimum absolute atomic E-state index is 0.324. The molecule has 0 aliphatic heterocycles. The molecule has 0 aliphatic carbocycles. The number of aromatic nitrogens is 2. The third kappa shape index (κ3) is 2.58. The molecule has 0 amide bonds. The molecule has 98 valence electrons. The van der Waals surface area contributed by atoms with Crippen molar-refractivity contribution in [1.82, 2.24) is 9.97 Å². The number of aryl methyl sites for hydroxylation is 2. The SMILES string of the molecule is Cc1cc2nc(CC(C)C(C)(C)C)[nH]c2cc1C. The minimum atomic E-state index is 0.324. The van der Waals surface area contributed by atoms with Gasteiger partial charge < -0.3 is 4.98 Å². The lowest BCUT2D eigenvalue weighted by Gasteiger charge is -2.26. The van der Waals surface area contributed by atoms with Gasteiger partial charge in [0.2, 0.25) is 0 Å². The highest BCUT2D eigenvalue weighted by atomic mass is 14.9. The number of hydrogen-bond acceptors (Lipinski definition) is 1. The zero-order chi connectivity index (χ0) is 13.5. The summed E-state index contributed by atoms with van der Waals surface area (Å²) < 4.78 is 0. The van der Waals surface area contributed by atoms with Crippen LogP contribution in [0.1, 0.15) is 44.6 Å². The molecule has 1 aromatic carbocycles. The van der Waals surface area contributed by atoms with Gasteiger partial charge in [0.1, 0.15) is 5.82 Å². The second-order valence-corrected chi connectivity index (χ2v) is 6.61. The number of imidazole rings is 1. The molecule has 1 aromatic heterocycles. The van der Waals surface area contributed by atoms with Gasteiger partial charge in [-0.05, 0) is 48.4 Å². The van der Waals surface area contributed by atoms with E-state index in [-0.39, 0.29) is 0 Å². The van der Waals surface area contributed by atoms with E-state index in [0.29, 0.717) is 11.3 Å². The molecule has 0 bridgehead atoms. The Morgan fingerprint density at radius 1 is 1.17 bits per heavy atom. The maximum absolute atomic E-state index is 4.71. The van der Waals surface area contributed by atoms with E-state index in [9.17, 15) is 0 Å². The van der Waals surface area contributed by atoms with Crippen LogP contribution < -0.4 is 0 Å². The van der Waals surface area contributed by atoms with Crippen LogP contribution in [0.2, 0.25) is 0 Å². The summed E-state index contributed by atoms with van der Waals surface area (Å²) in [7, 11) is 0. The molecule has 0 fully saturated rings. The molecule has 2 aromatic rings. The number of fused-ring (bicyclic) bond motifs is 1. The Morgan fingerprint density at radius 3 is 2.39 bits per heavy atom. The standard InChI is InChI=1S/C16H24N2/c1-10-7-13-14(8-11(10)2)18-15(17-13)9-12(3)16(4,5)6/h7-8,12H,9H2,1-6H3,(H,17,18). The zero-order valence-electron chi connectivity index (χ0n) is 12.4. The van der Waals surface area contributed by atoms with Crippen molar-refractivity contribution >= 4 is 11.0 Å². The summed E-state index contributed by atoms with van der Waals surface area (Å²) in [5, 5.41) is 0. The van der Waals surface area contributed by atoms with Crippen LogP contribution in [0.25, 0.3) is 11.0 Å². The summed E-state index contributed by atoms with van der Waals surface area (Å²) in [5.41, 5.74) is 5.21. The predicted octanol–water partition coefficient (Wildman–Crippen LogP) is 4.40. The quantitative estimate of drug-likeness (QED) is 0.833. The van der Waals surface area contributed by atoms with Crippen LogP contribution in [0.5, 0.6) is 0 Å². The first-order chi connectivity index (χ1) is 8.27. The lowest BCUT2D eigenvalue weighted by molar-refractivity contribution is 0.257. The maximum atomic E-state index is 4.71. The second kappa shape index (κ2) is 4.42. The molecule has 1 N–H and O–H groups in total. The van der Waals surface area contributed by atoms with Crippen LogP contribution in [-0.4, -0.2) is 9.97 Å². The van der Waals surface area contributed by atoms with E-state index in [1.165, 1.54) is 11.1 Å². The van der Waals surface area contributed by atoms with Crippen molar-refractivity contribution in [1.29, 1.82) is 0 Å². The average Bonchev–Trinajstić information content (AvgIpc) is 2.59. The van der Waals surface area contributed by atoms with E-state index in [1.807, 2.05) is 0 Å². The summed E-state index contributed by atoms with van der Waals surface area (Å²) in [6.07, 6.45) is 1.01. The van der Waals surface area contributed by atoms with Crippen molar-refractivity contribution in [3.63, 3.8) is 0 Å². The van der Waals surface area contributed by atoms with Crippen molar-refractivity contribution in [2.45, 2.75) is 48.0 Å². The van der Waals surface area contributed by atoms with Crippen LogP contribution in [0.4, 0.5) is 0 Å². The number of hydrogen-bond donors (Lipinski definition) is 1. The van der Waals surface area contributed by atoms with Crippen molar-refractivity contribution in [3.05, 3.63) is 29.1 Å². The fourth-order valence-electron chi connectivity index (χ4n) is 2.02. The third-order valence-corrected chi connectivity index (χ3v) is 4.12. The topological polar surface area (TPSA) is 28.7 Å². The maximum Gasteiger partial charge on any atom is 0.107 e. The highest BCUT2D eigenvalue weighted by Crippen LogP contribution is 2.28. The summed E-state index contributed by atoms with van der Waals surface area (Å²) in [5.74, 6) is 1.72. The van der Waals surface area contributed by atoms with E-state index in [4.69, 9.17) is 4.98 Å². The Labute approximate surface area is 110 Å². The van der Waals surface area contributed by atoms with Crippen molar-refractivity contribution in [2.75, 3.05) is 0 Å². The van der Waals surface area contributed by atoms with Crippen LogP contribution in [-0.2, 0) is 6.42 Å². The smallest absolute Gasteiger partial charge is 0.107 e. The van der Waals surface area contributed by atoms with Gasteiger partial charge in [-0.15, -0.1) is 0 Å². The molecule has 1 atom stereocenters. The molecule has 0 spiro atoms. The van der Waals surface area contributed by atoms with Crippen LogP contribution in [0.3, 0.4) is 0 Å². The fraction of sp³-hybridized carbons (Fsp3) is 0.562. The van der Waals surface area contributed by atoms with E-state index in [0.717, 1.165) is 23.3 Å². The Hall–Kier alpha value is -1.31. The summed E-state index contributed by atoms with van der Waals surface area (Å²) in [6.45, 7) is 13.4. The Bertz CT molecular complexity index is 519. The van der Waals surface area contributed by atoms with Gasteiger partial charge in [0.05, 0.1) is 11.0 Å². The Morgan fingerprint density at radius 2 is 1.78 bits per heavy atom. The lowest BCUT2D eigenvalue weighted by atomic mass is 9.80. The number of aromatic amines is 1. The first kappa shape index (κ1) is 13.1. The number of H-pyrrole nitrogens is 1. The first-order valence-electron chi connectivity index (χ1n) is 6.73. The third-order valence-electron chi connectivity index (χ3n) is 4.12. The molecule has 1 heterocycles. The van der Waals surface area contributed by atoms with Crippen molar-refractivity contribution in [2.24, 2.45) is 11.3 Å². The van der Waals surface area contributed by atoms with Crippen LogP contribution in [0.15, 0.2) is 12.1 Å². The van der Waals surface area contributed by atoms with E-state index >= 15 is 0 Å².